The Labute approximate surface area is 79.0 Å². The standard InChI is InChI=1S/C7H5F5OSi/c8-3-2(1-13-14)4(9)6(11)7(12)5(3)10/h1H2,14H3. The van der Waals surface area contributed by atoms with Gasteiger partial charge in [0, 0.05) is 0 Å². The first-order chi connectivity index (χ1) is 6.50. The fourth-order valence-electron chi connectivity index (χ4n) is 0.921. The molecule has 1 rings (SSSR count). The molecule has 14 heavy (non-hydrogen) atoms. The van der Waals surface area contributed by atoms with Crippen molar-refractivity contribution in [3.05, 3.63) is 34.6 Å². The van der Waals surface area contributed by atoms with Crippen LogP contribution in [0.25, 0.3) is 0 Å². The van der Waals surface area contributed by atoms with Crippen molar-refractivity contribution in [2.75, 3.05) is 0 Å². The van der Waals surface area contributed by atoms with E-state index in [-0.39, 0.29) is 10.5 Å². The van der Waals surface area contributed by atoms with Crippen molar-refractivity contribution >= 4 is 10.5 Å². The summed E-state index contributed by atoms with van der Waals surface area (Å²) in [4.78, 5) is 0. The third-order valence-corrected chi connectivity index (χ3v) is 1.88. The lowest BCUT2D eigenvalue weighted by Gasteiger charge is -2.06. The number of benzene rings is 1. The molecule has 0 spiro atoms. The van der Waals surface area contributed by atoms with E-state index in [0.29, 0.717) is 0 Å². The Morgan fingerprint density at radius 3 is 1.50 bits per heavy atom. The highest BCUT2D eigenvalue weighted by atomic mass is 28.2. The van der Waals surface area contributed by atoms with Crippen LogP contribution in [0.1, 0.15) is 5.56 Å². The van der Waals surface area contributed by atoms with Gasteiger partial charge in [0.1, 0.15) is 10.5 Å². The van der Waals surface area contributed by atoms with Gasteiger partial charge in [0.2, 0.25) is 5.82 Å². The van der Waals surface area contributed by atoms with E-state index < -0.39 is 41.3 Å². The van der Waals surface area contributed by atoms with Crippen LogP contribution in [0.2, 0.25) is 0 Å². The predicted molar refractivity (Wildman–Crippen MR) is 41.0 cm³/mol. The van der Waals surface area contributed by atoms with Crippen molar-refractivity contribution in [2.45, 2.75) is 6.61 Å². The first-order valence-corrected chi connectivity index (χ1v) is 4.31. The molecule has 1 nitrogen and oxygen atoms in total. The molecule has 0 aliphatic rings. The van der Waals surface area contributed by atoms with Crippen LogP contribution in [0, 0.1) is 29.1 Å². The van der Waals surface area contributed by atoms with Gasteiger partial charge in [0.15, 0.2) is 23.3 Å². The molecule has 0 fully saturated rings. The molecular formula is C7H5F5OSi. The topological polar surface area (TPSA) is 9.23 Å². The Balaban J connectivity index is 3.43. The summed E-state index contributed by atoms with van der Waals surface area (Å²) in [7, 11) is 0.142. The van der Waals surface area contributed by atoms with Crippen molar-refractivity contribution in [1.82, 2.24) is 0 Å². The molecule has 0 unspecified atom stereocenters. The van der Waals surface area contributed by atoms with Crippen LogP contribution >= 0.6 is 0 Å². The zero-order valence-electron chi connectivity index (χ0n) is 7.01. The molecule has 0 aromatic heterocycles. The summed E-state index contributed by atoms with van der Waals surface area (Å²) < 4.78 is 67.6. The summed E-state index contributed by atoms with van der Waals surface area (Å²) in [6, 6.07) is 0. The van der Waals surface area contributed by atoms with Gasteiger partial charge in [-0.25, -0.2) is 22.0 Å². The van der Waals surface area contributed by atoms with E-state index in [1.807, 2.05) is 0 Å². The van der Waals surface area contributed by atoms with Crippen LogP contribution in [0.4, 0.5) is 22.0 Å². The van der Waals surface area contributed by atoms with Gasteiger partial charge in [-0.05, 0) is 0 Å². The summed E-state index contributed by atoms with van der Waals surface area (Å²) in [5.74, 6) is -9.72. The van der Waals surface area contributed by atoms with E-state index in [9.17, 15) is 22.0 Å². The smallest absolute Gasteiger partial charge is 0.200 e. The fourth-order valence-corrected chi connectivity index (χ4v) is 1.21. The maximum atomic E-state index is 12.8. The van der Waals surface area contributed by atoms with Crippen molar-refractivity contribution in [3.8, 4) is 0 Å². The average molecular weight is 228 g/mol. The van der Waals surface area contributed by atoms with Gasteiger partial charge >= 0.3 is 0 Å². The Hall–Kier alpha value is -0.953. The second-order valence-electron chi connectivity index (χ2n) is 2.48. The van der Waals surface area contributed by atoms with Gasteiger partial charge in [0.25, 0.3) is 0 Å². The molecule has 0 aliphatic heterocycles. The molecule has 0 amide bonds. The normalized spacial score (nSPS) is 10.9. The lowest BCUT2D eigenvalue weighted by atomic mass is 10.2. The molecule has 0 heterocycles. The van der Waals surface area contributed by atoms with Crippen molar-refractivity contribution < 1.29 is 26.4 Å². The number of hydrogen-bond acceptors (Lipinski definition) is 1. The Bertz CT molecular complexity index is 339. The van der Waals surface area contributed by atoms with Gasteiger partial charge in [-0.3, -0.25) is 0 Å². The maximum absolute atomic E-state index is 12.8. The molecule has 0 radical (unpaired) electrons. The van der Waals surface area contributed by atoms with Crippen molar-refractivity contribution in [1.29, 1.82) is 0 Å². The third-order valence-electron chi connectivity index (χ3n) is 1.59. The Morgan fingerprint density at radius 1 is 0.786 bits per heavy atom. The zero-order valence-corrected chi connectivity index (χ0v) is 9.01. The predicted octanol–water partition coefficient (Wildman–Crippen LogP) is 1.18. The molecule has 0 atom stereocenters. The second-order valence-corrected chi connectivity index (χ2v) is 3.06. The van der Waals surface area contributed by atoms with Crippen LogP contribution in [0.3, 0.4) is 0 Å². The Morgan fingerprint density at radius 2 is 1.14 bits per heavy atom. The molecule has 7 heteroatoms. The van der Waals surface area contributed by atoms with Crippen LogP contribution in [-0.4, -0.2) is 10.5 Å². The van der Waals surface area contributed by atoms with Gasteiger partial charge < -0.3 is 4.43 Å². The minimum atomic E-state index is -2.16. The number of halogens is 5. The first kappa shape index (κ1) is 11.1. The monoisotopic (exact) mass is 228 g/mol. The quantitative estimate of drug-likeness (QED) is 0.319. The van der Waals surface area contributed by atoms with E-state index in [4.69, 9.17) is 0 Å². The van der Waals surface area contributed by atoms with E-state index in [1.54, 1.807) is 0 Å². The molecule has 0 saturated heterocycles. The van der Waals surface area contributed by atoms with Gasteiger partial charge in [-0.1, -0.05) is 0 Å². The van der Waals surface area contributed by atoms with Gasteiger partial charge in [-0.2, -0.15) is 0 Å². The van der Waals surface area contributed by atoms with Crippen LogP contribution < -0.4 is 0 Å². The minimum absolute atomic E-state index is 0.142. The molecule has 1 aromatic carbocycles. The first-order valence-electron chi connectivity index (χ1n) is 3.50. The summed E-state index contributed by atoms with van der Waals surface area (Å²) in [6.07, 6.45) is 0. The molecule has 0 aliphatic carbocycles. The lowest BCUT2D eigenvalue weighted by molar-refractivity contribution is 0.300. The Kier molecular flexibility index (Phi) is 3.22. The molecule has 0 N–H and O–H groups in total. The van der Waals surface area contributed by atoms with Gasteiger partial charge in [-0.15, -0.1) is 0 Å². The second kappa shape index (κ2) is 4.05. The number of rotatable bonds is 2. The highest BCUT2D eigenvalue weighted by Gasteiger charge is 2.24. The van der Waals surface area contributed by atoms with Crippen LogP contribution in [0.15, 0.2) is 0 Å². The summed E-state index contributed by atoms with van der Waals surface area (Å²) >= 11 is 0. The maximum Gasteiger partial charge on any atom is 0.200 e. The zero-order chi connectivity index (χ0) is 10.9. The lowest BCUT2D eigenvalue weighted by Crippen LogP contribution is -2.07. The van der Waals surface area contributed by atoms with E-state index in [1.165, 1.54) is 0 Å². The molecular weight excluding hydrogens is 223 g/mol. The molecule has 0 bridgehead atoms. The third kappa shape index (κ3) is 1.64. The SMILES string of the molecule is Fc1c(F)c(F)c(CO[SiH3])c(F)c1F. The molecule has 1 aromatic rings. The number of hydrogen-bond donors (Lipinski definition) is 0. The summed E-state index contributed by atoms with van der Waals surface area (Å²) in [5.41, 5.74) is -0.934. The average Bonchev–Trinajstić information content (AvgIpc) is 2.19. The van der Waals surface area contributed by atoms with Crippen molar-refractivity contribution in [3.63, 3.8) is 0 Å². The van der Waals surface area contributed by atoms with E-state index in [0.717, 1.165) is 0 Å². The summed E-state index contributed by atoms with van der Waals surface area (Å²) in [6.45, 7) is -0.613. The van der Waals surface area contributed by atoms with E-state index in [2.05, 4.69) is 4.43 Å². The molecule has 0 saturated carbocycles. The van der Waals surface area contributed by atoms with Crippen molar-refractivity contribution in [2.24, 2.45) is 0 Å². The fraction of sp³-hybridized carbons (Fsp3) is 0.143. The summed E-state index contributed by atoms with van der Waals surface area (Å²) in [5, 5.41) is 0. The van der Waals surface area contributed by atoms with Gasteiger partial charge in [0.05, 0.1) is 12.2 Å². The molecule has 78 valence electrons. The minimum Gasteiger partial charge on any atom is -0.423 e. The highest BCUT2D eigenvalue weighted by molar-refractivity contribution is 5.97. The van der Waals surface area contributed by atoms with Crippen LogP contribution in [-0.2, 0) is 11.0 Å². The largest absolute Gasteiger partial charge is 0.423 e. The van der Waals surface area contributed by atoms with Crippen LogP contribution in [0.5, 0.6) is 0 Å². The van der Waals surface area contributed by atoms with E-state index >= 15 is 0 Å². The highest BCUT2D eigenvalue weighted by Crippen LogP contribution is 2.23.